The van der Waals surface area contributed by atoms with E-state index in [0.717, 1.165) is 55.9 Å². The van der Waals surface area contributed by atoms with Crippen LogP contribution in [-0.2, 0) is 25.7 Å². The van der Waals surface area contributed by atoms with Crippen LogP contribution < -0.4 is 0 Å². The number of hydrogen-bond acceptors (Lipinski definition) is 4. The standard InChI is InChI=1S/C36H38N2O2/c1-23(27-11-7-5-8-12-27)37-25(3)33-29-15-16-30-18-20-32(22-21-31(19-17-29)35(33)39)36(40)34(30)26(4)38-24(2)28-13-9-6-10-14-28/h5-14,17-20,23-24,39-40H,15-16,21-22H2,1-4H3/t23-,24-/m1/s1. The van der Waals surface area contributed by atoms with Gasteiger partial charge in [0.15, 0.2) is 0 Å². The van der Waals surface area contributed by atoms with E-state index in [1.807, 2.05) is 62.4 Å². The van der Waals surface area contributed by atoms with E-state index in [9.17, 15) is 10.2 Å². The average molecular weight is 531 g/mol. The van der Waals surface area contributed by atoms with Crippen molar-refractivity contribution < 1.29 is 10.2 Å². The lowest BCUT2D eigenvalue weighted by atomic mass is 9.87. The van der Waals surface area contributed by atoms with Crippen molar-refractivity contribution in [3.8, 4) is 11.5 Å². The molecular weight excluding hydrogens is 492 g/mol. The van der Waals surface area contributed by atoms with Crippen LogP contribution in [0.3, 0.4) is 0 Å². The number of hydrogen-bond donors (Lipinski definition) is 2. The predicted octanol–water partition coefficient (Wildman–Crippen LogP) is 8.12. The third-order valence-corrected chi connectivity index (χ3v) is 8.09. The van der Waals surface area contributed by atoms with Gasteiger partial charge in [0.05, 0.1) is 12.1 Å². The number of benzene rings is 4. The summed E-state index contributed by atoms with van der Waals surface area (Å²) >= 11 is 0. The van der Waals surface area contributed by atoms with E-state index in [4.69, 9.17) is 9.98 Å². The molecule has 4 aliphatic carbocycles. The third-order valence-electron chi connectivity index (χ3n) is 8.09. The Bertz CT molecular complexity index is 1440. The van der Waals surface area contributed by atoms with E-state index in [0.29, 0.717) is 37.2 Å². The highest BCUT2D eigenvalue weighted by Gasteiger charge is 2.21. The molecule has 0 aromatic heterocycles. The van der Waals surface area contributed by atoms with Gasteiger partial charge in [-0.1, -0.05) is 84.9 Å². The van der Waals surface area contributed by atoms with Crippen LogP contribution in [0.2, 0.25) is 0 Å². The largest absolute Gasteiger partial charge is 0.507 e. The predicted molar refractivity (Wildman–Crippen MR) is 165 cm³/mol. The molecule has 0 radical (unpaired) electrons. The summed E-state index contributed by atoms with van der Waals surface area (Å²) in [5, 5.41) is 22.9. The molecular formula is C36H38N2O2. The molecule has 0 amide bonds. The molecule has 40 heavy (non-hydrogen) atoms. The number of aromatic hydroxyl groups is 2. The van der Waals surface area contributed by atoms with Gasteiger partial charge in [0, 0.05) is 22.6 Å². The summed E-state index contributed by atoms with van der Waals surface area (Å²) in [6.07, 6.45) is 2.65. The second-order valence-electron chi connectivity index (χ2n) is 10.8. The van der Waals surface area contributed by atoms with E-state index in [1.165, 1.54) is 0 Å². The molecule has 2 atom stereocenters. The second-order valence-corrected chi connectivity index (χ2v) is 10.8. The Balaban J connectivity index is 1.52. The highest BCUT2D eigenvalue weighted by Crippen LogP contribution is 2.35. The van der Waals surface area contributed by atoms with Crippen molar-refractivity contribution in [3.63, 3.8) is 0 Å². The molecule has 4 aromatic carbocycles. The van der Waals surface area contributed by atoms with Crippen LogP contribution in [0.5, 0.6) is 11.5 Å². The van der Waals surface area contributed by atoms with Crippen LogP contribution in [0.1, 0.15) is 84.3 Å². The lowest BCUT2D eigenvalue weighted by Crippen LogP contribution is -2.11. The van der Waals surface area contributed by atoms with E-state index >= 15 is 0 Å². The van der Waals surface area contributed by atoms with Crippen LogP contribution in [0, 0.1) is 0 Å². The molecule has 8 rings (SSSR count). The highest BCUT2D eigenvalue weighted by atomic mass is 16.3. The maximum Gasteiger partial charge on any atom is 0.128 e. The van der Waals surface area contributed by atoms with Crippen LogP contribution >= 0.6 is 0 Å². The molecule has 4 bridgehead atoms. The number of rotatable bonds is 6. The molecule has 0 saturated carbocycles. The van der Waals surface area contributed by atoms with Crippen molar-refractivity contribution in [1.29, 1.82) is 0 Å². The maximum atomic E-state index is 11.4. The lowest BCUT2D eigenvalue weighted by molar-refractivity contribution is 0.459. The minimum Gasteiger partial charge on any atom is -0.507 e. The van der Waals surface area contributed by atoms with Gasteiger partial charge >= 0.3 is 0 Å². The SMILES string of the molecule is CC(=N[C@H](C)c1ccccc1)c1c2ccc(c1O)CCc1ccc(c(C(C)=N[C@H](C)c3ccccc3)c1O)CC2. The fourth-order valence-corrected chi connectivity index (χ4v) is 5.84. The zero-order valence-corrected chi connectivity index (χ0v) is 23.9. The van der Waals surface area contributed by atoms with Crippen molar-refractivity contribution >= 4 is 11.4 Å². The van der Waals surface area contributed by atoms with Gasteiger partial charge in [-0.15, -0.1) is 0 Å². The fraction of sp³-hybridized carbons (Fsp3) is 0.278. The van der Waals surface area contributed by atoms with Crippen molar-refractivity contribution in [2.24, 2.45) is 9.98 Å². The molecule has 4 nitrogen and oxygen atoms in total. The van der Waals surface area contributed by atoms with Gasteiger partial charge in [0.1, 0.15) is 11.5 Å². The summed E-state index contributed by atoms with van der Waals surface area (Å²) in [5.41, 5.74) is 9.51. The van der Waals surface area contributed by atoms with Gasteiger partial charge in [-0.3, -0.25) is 9.98 Å². The Morgan fingerprint density at radius 1 is 0.525 bits per heavy atom. The Hall–Kier alpha value is -4.18. The summed E-state index contributed by atoms with van der Waals surface area (Å²) in [5.74, 6) is 0.617. The smallest absolute Gasteiger partial charge is 0.128 e. The molecule has 4 heteroatoms. The average Bonchev–Trinajstić information content (AvgIpc) is 2.95. The van der Waals surface area contributed by atoms with Crippen LogP contribution in [0.4, 0.5) is 0 Å². The quantitative estimate of drug-likeness (QED) is 0.247. The Morgan fingerprint density at radius 3 is 1.23 bits per heavy atom. The number of nitrogens with zero attached hydrogens (tertiary/aromatic N) is 2. The molecule has 0 aliphatic heterocycles. The van der Waals surface area contributed by atoms with Crippen molar-refractivity contribution in [1.82, 2.24) is 0 Å². The highest BCUT2D eigenvalue weighted by molar-refractivity contribution is 6.04. The van der Waals surface area contributed by atoms with Crippen LogP contribution in [-0.4, -0.2) is 21.6 Å². The molecule has 0 spiro atoms. The number of aliphatic imine (C=N–C) groups is 2. The Kier molecular flexibility index (Phi) is 8.16. The number of phenols is 2. The van der Waals surface area contributed by atoms with Gasteiger partial charge in [-0.25, -0.2) is 0 Å². The van der Waals surface area contributed by atoms with Crippen LogP contribution in [0.25, 0.3) is 0 Å². The van der Waals surface area contributed by atoms with Crippen molar-refractivity contribution in [3.05, 3.63) is 129 Å². The fourth-order valence-electron chi connectivity index (χ4n) is 5.84. The summed E-state index contributed by atoms with van der Waals surface area (Å²) < 4.78 is 0. The van der Waals surface area contributed by atoms with Gasteiger partial charge in [0.2, 0.25) is 0 Å². The Labute approximate surface area is 237 Å². The monoisotopic (exact) mass is 530 g/mol. The summed E-state index contributed by atoms with van der Waals surface area (Å²) in [4.78, 5) is 10.0. The van der Waals surface area contributed by atoms with E-state index in [2.05, 4.69) is 50.2 Å². The minimum atomic E-state index is -0.0168. The summed E-state index contributed by atoms with van der Waals surface area (Å²) in [7, 11) is 0. The number of phenolic OH excluding ortho intramolecular Hbond substituents is 2. The van der Waals surface area contributed by atoms with E-state index in [-0.39, 0.29) is 12.1 Å². The van der Waals surface area contributed by atoms with Crippen molar-refractivity contribution in [2.75, 3.05) is 0 Å². The van der Waals surface area contributed by atoms with E-state index < -0.39 is 0 Å². The molecule has 4 aliphatic rings. The van der Waals surface area contributed by atoms with Gasteiger partial charge in [-0.05, 0) is 86.8 Å². The third kappa shape index (κ3) is 5.72. The molecule has 0 unspecified atom stereocenters. The molecule has 0 fully saturated rings. The Morgan fingerprint density at radius 2 is 0.850 bits per heavy atom. The summed E-state index contributed by atoms with van der Waals surface area (Å²) in [6, 6.07) is 28.8. The maximum absolute atomic E-state index is 11.4. The first-order chi connectivity index (χ1) is 19.3. The first-order valence-corrected chi connectivity index (χ1v) is 14.2. The minimum absolute atomic E-state index is 0.0168. The first-order valence-electron chi connectivity index (χ1n) is 14.2. The van der Waals surface area contributed by atoms with Gasteiger partial charge in [-0.2, -0.15) is 0 Å². The molecule has 2 N–H and O–H groups in total. The first kappa shape index (κ1) is 27.4. The van der Waals surface area contributed by atoms with E-state index in [1.54, 1.807) is 0 Å². The molecule has 4 aromatic rings. The lowest BCUT2D eigenvalue weighted by Gasteiger charge is -2.21. The molecule has 204 valence electrons. The van der Waals surface area contributed by atoms with Gasteiger partial charge in [0.25, 0.3) is 0 Å². The zero-order chi connectivity index (χ0) is 28.2. The normalized spacial score (nSPS) is 15.4. The number of aryl methyl sites for hydroxylation is 4. The zero-order valence-electron chi connectivity index (χ0n) is 23.9. The topological polar surface area (TPSA) is 65.2 Å². The molecule has 0 saturated heterocycles. The van der Waals surface area contributed by atoms with Crippen LogP contribution in [0.15, 0.2) is 94.9 Å². The van der Waals surface area contributed by atoms with Gasteiger partial charge < -0.3 is 10.2 Å². The summed E-state index contributed by atoms with van der Waals surface area (Å²) in [6.45, 7) is 8.18. The molecule has 0 heterocycles. The second kappa shape index (κ2) is 11.9. The van der Waals surface area contributed by atoms with Crippen molar-refractivity contribution in [2.45, 2.75) is 65.5 Å².